The number of anilines is 1. The lowest BCUT2D eigenvalue weighted by Gasteiger charge is -2.26. The maximum Gasteiger partial charge on any atom is 0.241 e. The molecule has 7 nitrogen and oxygen atoms in total. The van der Waals surface area contributed by atoms with Gasteiger partial charge in [0, 0.05) is 24.7 Å². The van der Waals surface area contributed by atoms with Gasteiger partial charge in [0.1, 0.15) is 6.04 Å². The van der Waals surface area contributed by atoms with Crippen molar-refractivity contribution in [3.8, 4) is 0 Å². The summed E-state index contributed by atoms with van der Waals surface area (Å²) >= 11 is 0. The predicted molar refractivity (Wildman–Crippen MR) is 132 cm³/mol. The SMILES string of the molecule is CCC(=O)N1CCc2cc(S(=O)(=O)N[C@H](Cc3ccccc3)C(=O)NC3CCCCC3)ccc21. The molecule has 0 unspecified atom stereocenters. The van der Waals surface area contributed by atoms with Gasteiger partial charge < -0.3 is 10.2 Å². The van der Waals surface area contributed by atoms with E-state index in [-0.39, 0.29) is 29.2 Å². The summed E-state index contributed by atoms with van der Waals surface area (Å²) in [7, 11) is -3.94. The summed E-state index contributed by atoms with van der Waals surface area (Å²) in [4.78, 5) is 27.2. The number of carbonyl (C=O) groups excluding carboxylic acids is 2. The van der Waals surface area contributed by atoms with E-state index in [9.17, 15) is 18.0 Å². The highest BCUT2D eigenvalue weighted by atomic mass is 32.2. The molecule has 1 aliphatic heterocycles. The first kappa shape index (κ1) is 24.4. The van der Waals surface area contributed by atoms with Crippen molar-refractivity contribution in [3.05, 3.63) is 59.7 Å². The highest BCUT2D eigenvalue weighted by molar-refractivity contribution is 7.89. The molecular weight excluding hydrogens is 450 g/mol. The Kier molecular flexibility index (Phi) is 7.68. The number of hydrogen-bond acceptors (Lipinski definition) is 4. The molecule has 4 rings (SSSR count). The Labute approximate surface area is 202 Å². The van der Waals surface area contributed by atoms with Crippen molar-refractivity contribution in [2.45, 2.75) is 75.3 Å². The van der Waals surface area contributed by atoms with Crippen molar-refractivity contribution in [1.29, 1.82) is 0 Å². The standard InChI is InChI=1S/C26H33N3O4S/c1-2-25(30)29-16-15-20-18-22(13-14-24(20)29)34(32,33)28-23(17-19-9-5-3-6-10-19)26(31)27-21-11-7-4-8-12-21/h3,5-6,9-10,13-14,18,21,23,28H,2,4,7-8,11-12,15-17H2,1H3,(H,27,31)/t23-/m1/s1. The molecule has 0 spiro atoms. The van der Waals surface area contributed by atoms with E-state index in [4.69, 9.17) is 0 Å². The molecule has 2 aromatic carbocycles. The van der Waals surface area contributed by atoms with Crippen LogP contribution in [-0.2, 0) is 32.5 Å². The van der Waals surface area contributed by atoms with E-state index in [1.54, 1.807) is 17.0 Å². The second kappa shape index (κ2) is 10.7. The summed E-state index contributed by atoms with van der Waals surface area (Å²) in [6, 6.07) is 13.4. The molecule has 2 N–H and O–H groups in total. The van der Waals surface area contributed by atoms with Crippen molar-refractivity contribution in [1.82, 2.24) is 10.0 Å². The molecule has 0 saturated heterocycles. The molecule has 2 aliphatic rings. The van der Waals surface area contributed by atoms with Gasteiger partial charge in [-0.3, -0.25) is 9.59 Å². The quantitative estimate of drug-likeness (QED) is 0.602. The number of hydrogen-bond donors (Lipinski definition) is 2. The molecule has 2 aromatic rings. The van der Waals surface area contributed by atoms with Crippen LogP contribution in [0.15, 0.2) is 53.4 Å². The number of sulfonamides is 1. The fourth-order valence-electron chi connectivity index (χ4n) is 4.84. The largest absolute Gasteiger partial charge is 0.352 e. The molecule has 1 fully saturated rings. The maximum absolute atomic E-state index is 13.3. The molecule has 1 aliphatic carbocycles. The number of fused-ring (bicyclic) bond motifs is 1. The summed E-state index contributed by atoms with van der Waals surface area (Å²) in [6.45, 7) is 2.37. The van der Waals surface area contributed by atoms with Crippen molar-refractivity contribution < 1.29 is 18.0 Å². The zero-order chi connectivity index (χ0) is 24.1. The first-order chi connectivity index (χ1) is 16.4. The number of benzene rings is 2. The van der Waals surface area contributed by atoms with Crippen molar-refractivity contribution >= 4 is 27.5 Å². The van der Waals surface area contributed by atoms with E-state index in [1.807, 2.05) is 37.3 Å². The van der Waals surface area contributed by atoms with E-state index < -0.39 is 16.1 Å². The minimum absolute atomic E-state index is 0.0230. The molecule has 1 atom stereocenters. The van der Waals surface area contributed by atoms with Gasteiger partial charge in [-0.25, -0.2) is 8.42 Å². The molecule has 0 aromatic heterocycles. The average Bonchev–Trinajstić information content (AvgIpc) is 3.28. The second-order valence-electron chi connectivity index (χ2n) is 9.15. The molecule has 8 heteroatoms. The summed E-state index contributed by atoms with van der Waals surface area (Å²) in [5.41, 5.74) is 2.48. The van der Waals surface area contributed by atoms with E-state index in [0.29, 0.717) is 19.4 Å². The van der Waals surface area contributed by atoms with Crippen molar-refractivity contribution in [2.24, 2.45) is 0 Å². The molecule has 1 saturated carbocycles. The van der Waals surface area contributed by atoms with Gasteiger partial charge in [-0.15, -0.1) is 0 Å². The lowest BCUT2D eigenvalue weighted by Crippen LogP contribution is -2.50. The fourth-order valence-corrected chi connectivity index (χ4v) is 6.08. The van der Waals surface area contributed by atoms with Crippen LogP contribution in [0.4, 0.5) is 5.69 Å². The molecule has 34 heavy (non-hydrogen) atoms. The van der Waals surface area contributed by atoms with Gasteiger partial charge >= 0.3 is 0 Å². The van der Waals surface area contributed by atoms with Crippen LogP contribution < -0.4 is 14.9 Å². The molecular formula is C26H33N3O4S. The first-order valence-electron chi connectivity index (χ1n) is 12.2. The van der Waals surface area contributed by atoms with Crippen LogP contribution in [0.2, 0.25) is 0 Å². The van der Waals surface area contributed by atoms with Crippen molar-refractivity contribution in [3.63, 3.8) is 0 Å². The molecule has 182 valence electrons. The van der Waals surface area contributed by atoms with Crippen LogP contribution >= 0.6 is 0 Å². The Morgan fingerprint density at radius 3 is 2.50 bits per heavy atom. The van der Waals surface area contributed by atoms with Gasteiger partial charge in [0.2, 0.25) is 21.8 Å². The van der Waals surface area contributed by atoms with Gasteiger partial charge in [-0.05, 0) is 55.0 Å². The zero-order valence-electron chi connectivity index (χ0n) is 19.6. The third kappa shape index (κ3) is 5.67. The van der Waals surface area contributed by atoms with E-state index in [2.05, 4.69) is 10.0 Å². The van der Waals surface area contributed by atoms with Gasteiger partial charge in [-0.1, -0.05) is 56.5 Å². The van der Waals surface area contributed by atoms with Gasteiger partial charge in [0.15, 0.2) is 0 Å². The highest BCUT2D eigenvalue weighted by Gasteiger charge is 2.30. The minimum Gasteiger partial charge on any atom is -0.352 e. The Hall–Kier alpha value is -2.71. The molecule has 2 amide bonds. The first-order valence-corrected chi connectivity index (χ1v) is 13.7. The Morgan fingerprint density at radius 2 is 1.79 bits per heavy atom. The lowest BCUT2D eigenvalue weighted by atomic mass is 9.95. The molecule has 1 heterocycles. The Bertz CT molecular complexity index is 1130. The van der Waals surface area contributed by atoms with E-state index in [0.717, 1.165) is 42.5 Å². The van der Waals surface area contributed by atoms with Gasteiger partial charge in [-0.2, -0.15) is 4.72 Å². The monoisotopic (exact) mass is 483 g/mol. The fraction of sp³-hybridized carbons (Fsp3) is 0.462. The summed E-state index contributed by atoms with van der Waals surface area (Å²) in [6.07, 6.45) is 6.45. The molecule has 0 radical (unpaired) electrons. The van der Waals surface area contributed by atoms with Gasteiger partial charge in [0.05, 0.1) is 4.90 Å². The minimum atomic E-state index is -3.94. The van der Waals surface area contributed by atoms with Crippen LogP contribution in [0.5, 0.6) is 0 Å². The summed E-state index contributed by atoms with van der Waals surface area (Å²) < 4.78 is 29.3. The number of nitrogens with zero attached hydrogens (tertiary/aromatic N) is 1. The molecule has 0 bridgehead atoms. The lowest BCUT2D eigenvalue weighted by molar-refractivity contribution is -0.123. The highest BCUT2D eigenvalue weighted by Crippen LogP contribution is 2.30. The Morgan fingerprint density at radius 1 is 1.06 bits per heavy atom. The predicted octanol–water partition coefficient (Wildman–Crippen LogP) is 3.32. The van der Waals surface area contributed by atoms with Gasteiger partial charge in [0.25, 0.3) is 0 Å². The van der Waals surface area contributed by atoms with Crippen LogP contribution in [0, 0.1) is 0 Å². The summed E-state index contributed by atoms with van der Waals surface area (Å²) in [5, 5.41) is 3.07. The van der Waals surface area contributed by atoms with Crippen LogP contribution in [0.3, 0.4) is 0 Å². The number of amides is 2. The second-order valence-corrected chi connectivity index (χ2v) is 10.9. The third-order valence-electron chi connectivity index (χ3n) is 6.71. The van der Waals surface area contributed by atoms with E-state index in [1.165, 1.54) is 12.5 Å². The zero-order valence-corrected chi connectivity index (χ0v) is 20.4. The van der Waals surface area contributed by atoms with Crippen LogP contribution in [0.1, 0.15) is 56.6 Å². The smallest absolute Gasteiger partial charge is 0.241 e. The van der Waals surface area contributed by atoms with E-state index >= 15 is 0 Å². The number of nitrogens with one attached hydrogen (secondary N) is 2. The topological polar surface area (TPSA) is 95.6 Å². The van der Waals surface area contributed by atoms with Crippen molar-refractivity contribution in [2.75, 3.05) is 11.4 Å². The number of carbonyl (C=O) groups is 2. The number of rotatable bonds is 8. The summed E-state index contributed by atoms with van der Waals surface area (Å²) in [5.74, 6) is -0.269. The average molecular weight is 484 g/mol. The Balaban J connectivity index is 1.54. The third-order valence-corrected chi connectivity index (χ3v) is 8.18. The van der Waals surface area contributed by atoms with Crippen LogP contribution in [0.25, 0.3) is 0 Å². The van der Waals surface area contributed by atoms with Crippen LogP contribution in [-0.4, -0.2) is 38.9 Å². The normalized spacial score (nSPS) is 17.3. The maximum atomic E-state index is 13.3.